The molecule has 0 bridgehead atoms. The standard InChI is InChI=1S/C20H20O3/c1-12-13(2)20(21)23-19-14(3)18(11-10-17(12)19)22-15(4)16-8-6-5-7-9-16/h5-11,15H,1-4H3. The van der Waals surface area contributed by atoms with Crippen LogP contribution in [0.1, 0.15) is 35.3 Å². The first-order valence-electron chi connectivity index (χ1n) is 7.74. The predicted molar refractivity (Wildman–Crippen MR) is 92.2 cm³/mol. The van der Waals surface area contributed by atoms with E-state index in [0.717, 1.165) is 27.8 Å². The van der Waals surface area contributed by atoms with Gasteiger partial charge in [-0.2, -0.15) is 0 Å². The number of rotatable bonds is 3. The highest BCUT2D eigenvalue weighted by atomic mass is 16.5. The van der Waals surface area contributed by atoms with Crippen molar-refractivity contribution in [2.45, 2.75) is 33.8 Å². The van der Waals surface area contributed by atoms with Crippen LogP contribution in [-0.4, -0.2) is 0 Å². The number of hydrogen-bond donors (Lipinski definition) is 0. The summed E-state index contributed by atoms with van der Waals surface area (Å²) in [5.41, 5.74) is 3.89. The topological polar surface area (TPSA) is 39.4 Å². The number of benzene rings is 2. The smallest absolute Gasteiger partial charge is 0.339 e. The minimum absolute atomic E-state index is 0.0781. The van der Waals surface area contributed by atoms with Gasteiger partial charge in [0.15, 0.2) is 0 Å². The van der Waals surface area contributed by atoms with Crippen molar-refractivity contribution in [3.05, 3.63) is 75.1 Å². The summed E-state index contributed by atoms with van der Waals surface area (Å²) >= 11 is 0. The van der Waals surface area contributed by atoms with Gasteiger partial charge in [0.2, 0.25) is 0 Å². The van der Waals surface area contributed by atoms with Crippen LogP contribution in [0.5, 0.6) is 5.75 Å². The average Bonchev–Trinajstić information content (AvgIpc) is 2.56. The Bertz CT molecular complexity index is 908. The Kier molecular flexibility index (Phi) is 3.95. The third kappa shape index (κ3) is 2.74. The molecule has 0 aliphatic carbocycles. The van der Waals surface area contributed by atoms with Crippen LogP contribution < -0.4 is 10.4 Å². The molecule has 3 heteroatoms. The third-order valence-corrected chi connectivity index (χ3v) is 4.40. The number of fused-ring (bicyclic) bond motifs is 1. The first-order chi connectivity index (χ1) is 11.0. The molecule has 1 aromatic heterocycles. The molecule has 0 radical (unpaired) electrons. The van der Waals surface area contributed by atoms with Crippen molar-refractivity contribution in [3.8, 4) is 5.75 Å². The minimum atomic E-state index is -0.286. The minimum Gasteiger partial charge on any atom is -0.486 e. The zero-order valence-electron chi connectivity index (χ0n) is 13.8. The Morgan fingerprint density at radius 3 is 2.30 bits per heavy atom. The summed E-state index contributed by atoms with van der Waals surface area (Å²) < 4.78 is 11.6. The molecule has 1 atom stereocenters. The molecule has 1 unspecified atom stereocenters. The highest BCUT2D eigenvalue weighted by molar-refractivity contribution is 5.85. The maximum absolute atomic E-state index is 12.0. The Morgan fingerprint density at radius 1 is 0.913 bits per heavy atom. The van der Waals surface area contributed by atoms with Gasteiger partial charge in [-0.3, -0.25) is 0 Å². The van der Waals surface area contributed by atoms with Gasteiger partial charge < -0.3 is 9.15 Å². The van der Waals surface area contributed by atoms with Gasteiger partial charge in [0.1, 0.15) is 17.4 Å². The Balaban J connectivity index is 2.05. The van der Waals surface area contributed by atoms with Crippen molar-refractivity contribution in [2.75, 3.05) is 0 Å². The summed E-state index contributed by atoms with van der Waals surface area (Å²) in [5, 5.41) is 0.958. The first kappa shape index (κ1) is 15.3. The molecular weight excluding hydrogens is 288 g/mol. The number of ether oxygens (including phenoxy) is 1. The molecule has 0 amide bonds. The Labute approximate surface area is 135 Å². The van der Waals surface area contributed by atoms with Gasteiger partial charge in [-0.15, -0.1) is 0 Å². The van der Waals surface area contributed by atoms with Crippen molar-refractivity contribution in [1.29, 1.82) is 0 Å². The predicted octanol–water partition coefficient (Wildman–Crippen LogP) is 4.86. The first-order valence-corrected chi connectivity index (χ1v) is 7.74. The van der Waals surface area contributed by atoms with Crippen LogP contribution in [0.15, 0.2) is 51.7 Å². The van der Waals surface area contributed by atoms with Crippen LogP contribution >= 0.6 is 0 Å². The number of aryl methyl sites for hydroxylation is 2. The van der Waals surface area contributed by atoms with E-state index < -0.39 is 0 Å². The average molecular weight is 308 g/mol. The van der Waals surface area contributed by atoms with E-state index in [0.29, 0.717) is 11.1 Å². The molecule has 3 aromatic rings. The molecule has 0 spiro atoms. The van der Waals surface area contributed by atoms with Crippen LogP contribution in [0.2, 0.25) is 0 Å². The van der Waals surface area contributed by atoms with E-state index in [1.807, 2.05) is 63.2 Å². The van der Waals surface area contributed by atoms with Crippen LogP contribution in [0.4, 0.5) is 0 Å². The van der Waals surface area contributed by atoms with Gasteiger partial charge in [0, 0.05) is 16.5 Å². The van der Waals surface area contributed by atoms with Gasteiger partial charge in [-0.25, -0.2) is 4.79 Å². The van der Waals surface area contributed by atoms with E-state index in [1.165, 1.54) is 0 Å². The van der Waals surface area contributed by atoms with E-state index in [9.17, 15) is 4.79 Å². The van der Waals surface area contributed by atoms with Gasteiger partial charge in [-0.05, 0) is 51.0 Å². The summed E-state index contributed by atoms with van der Waals surface area (Å²) in [5.74, 6) is 0.736. The molecule has 118 valence electrons. The fraction of sp³-hybridized carbons (Fsp3) is 0.250. The molecule has 0 saturated carbocycles. The van der Waals surface area contributed by atoms with E-state index >= 15 is 0 Å². The molecule has 3 rings (SSSR count). The van der Waals surface area contributed by atoms with E-state index in [1.54, 1.807) is 6.92 Å². The summed E-state index contributed by atoms with van der Waals surface area (Å²) in [7, 11) is 0. The lowest BCUT2D eigenvalue weighted by Crippen LogP contribution is -2.08. The molecule has 0 aliphatic rings. The summed E-state index contributed by atoms with van der Waals surface area (Å²) in [6.07, 6.45) is -0.0781. The van der Waals surface area contributed by atoms with Crippen molar-refractivity contribution in [1.82, 2.24) is 0 Å². The lowest BCUT2D eigenvalue weighted by atomic mass is 10.0. The van der Waals surface area contributed by atoms with Crippen LogP contribution in [0, 0.1) is 20.8 Å². The van der Waals surface area contributed by atoms with E-state index in [4.69, 9.17) is 9.15 Å². The lowest BCUT2D eigenvalue weighted by Gasteiger charge is -2.18. The quantitative estimate of drug-likeness (QED) is 0.649. The third-order valence-electron chi connectivity index (χ3n) is 4.40. The molecule has 2 aromatic carbocycles. The highest BCUT2D eigenvalue weighted by Gasteiger charge is 2.15. The fourth-order valence-electron chi connectivity index (χ4n) is 2.73. The molecule has 0 aliphatic heterocycles. The largest absolute Gasteiger partial charge is 0.486 e. The van der Waals surface area contributed by atoms with E-state index in [2.05, 4.69) is 0 Å². The van der Waals surface area contributed by atoms with Crippen molar-refractivity contribution < 1.29 is 9.15 Å². The SMILES string of the molecule is Cc1c(C)c2ccc(OC(C)c3ccccc3)c(C)c2oc1=O. The second-order valence-electron chi connectivity index (χ2n) is 5.88. The maximum Gasteiger partial charge on any atom is 0.339 e. The zero-order chi connectivity index (χ0) is 16.6. The second kappa shape index (κ2) is 5.92. The summed E-state index contributed by atoms with van der Waals surface area (Å²) in [6.45, 7) is 7.67. The molecule has 0 saturated heterocycles. The lowest BCUT2D eigenvalue weighted by molar-refractivity contribution is 0.225. The molecule has 3 nitrogen and oxygen atoms in total. The van der Waals surface area contributed by atoms with Crippen molar-refractivity contribution in [2.24, 2.45) is 0 Å². The second-order valence-corrected chi connectivity index (χ2v) is 5.88. The highest BCUT2D eigenvalue weighted by Crippen LogP contribution is 2.31. The summed E-state index contributed by atoms with van der Waals surface area (Å²) in [4.78, 5) is 12.0. The number of hydrogen-bond acceptors (Lipinski definition) is 3. The van der Waals surface area contributed by atoms with Crippen LogP contribution in [0.25, 0.3) is 11.0 Å². The Morgan fingerprint density at radius 2 is 1.61 bits per heavy atom. The van der Waals surface area contributed by atoms with Gasteiger partial charge in [0.25, 0.3) is 0 Å². The van der Waals surface area contributed by atoms with Gasteiger partial charge >= 0.3 is 5.63 Å². The Hall–Kier alpha value is -2.55. The molecule has 0 fully saturated rings. The zero-order valence-corrected chi connectivity index (χ0v) is 13.8. The maximum atomic E-state index is 12.0. The fourth-order valence-corrected chi connectivity index (χ4v) is 2.73. The summed E-state index contributed by atoms with van der Waals surface area (Å²) in [6, 6.07) is 14.0. The monoisotopic (exact) mass is 308 g/mol. The van der Waals surface area contributed by atoms with E-state index in [-0.39, 0.29) is 11.7 Å². The normalized spacial score (nSPS) is 12.3. The molecule has 1 heterocycles. The molecule has 0 N–H and O–H groups in total. The van der Waals surface area contributed by atoms with Crippen molar-refractivity contribution in [3.63, 3.8) is 0 Å². The molecular formula is C20H20O3. The van der Waals surface area contributed by atoms with Crippen LogP contribution in [-0.2, 0) is 0 Å². The van der Waals surface area contributed by atoms with Gasteiger partial charge in [-0.1, -0.05) is 30.3 Å². The molecule has 23 heavy (non-hydrogen) atoms. The van der Waals surface area contributed by atoms with Gasteiger partial charge in [0.05, 0.1) is 0 Å². The van der Waals surface area contributed by atoms with Crippen LogP contribution in [0.3, 0.4) is 0 Å². The van der Waals surface area contributed by atoms with Crippen molar-refractivity contribution >= 4 is 11.0 Å².